The molecule has 0 aliphatic rings. The lowest BCUT2D eigenvalue weighted by molar-refractivity contribution is 0.0838. The monoisotopic (exact) mass is 463 g/mol. The van der Waals surface area contributed by atoms with Gasteiger partial charge in [-0.15, -0.1) is 0 Å². The fraction of sp³-hybridized carbons (Fsp3) is 0.174. The largest absolute Gasteiger partial charge is 0.497 e. The molecule has 0 saturated heterocycles. The number of nitrogens with one attached hydrogen (secondary N) is 2. The molecular weight excluding hydrogens is 442 g/mol. The van der Waals surface area contributed by atoms with Gasteiger partial charge in [-0.2, -0.15) is 5.10 Å². The number of carbonyl (C=O) groups excluding carboxylic acids is 2. The predicted molar refractivity (Wildman–Crippen MR) is 122 cm³/mol. The number of rotatable bonds is 6. The van der Waals surface area contributed by atoms with Crippen LogP contribution in [0, 0.1) is 0 Å². The van der Waals surface area contributed by atoms with Crippen LogP contribution >= 0.6 is 0 Å². The highest BCUT2D eigenvalue weighted by molar-refractivity contribution is 6.05. The molecule has 0 atom stereocenters. The van der Waals surface area contributed by atoms with Crippen LogP contribution in [-0.4, -0.2) is 41.0 Å². The van der Waals surface area contributed by atoms with Gasteiger partial charge in [0, 0.05) is 18.0 Å². The van der Waals surface area contributed by atoms with Gasteiger partial charge in [0.15, 0.2) is 17.1 Å². The fourth-order valence-corrected chi connectivity index (χ4v) is 3.37. The normalized spacial score (nSPS) is 10.7. The number of nitrogens with zero attached hydrogens (tertiary/aromatic N) is 3. The quantitative estimate of drug-likeness (QED) is 0.415. The van der Waals surface area contributed by atoms with Gasteiger partial charge in [0.05, 0.1) is 25.2 Å². The third-order valence-corrected chi connectivity index (χ3v) is 5.09. The minimum atomic E-state index is -0.710. The van der Waals surface area contributed by atoms with E-state index < -0.39 is 11.8 Å². The molecule has 0 aliphatic carbocycles. The SMILES string of the molecule is CCn1nc(C(=O)NNC(=O)c2cc(-c3cc(OC)ccc3OC)on2)c2ccccc2c1=O. The second-order valence-electron chi connectivity index (χ2n) is 7.07. The molecule has 0 aliphatic heterocycles. The summed E-state index contributed by atoms with van der Waals surface area (Å²) in [4.78, 5) is 37.8. The Bertz CT molecular complexity index is 1440. The molecule has 2 heterocycles. The summed E-state index contributed by atoms with van der Waals surface area (Å²) in [5, 5.41) is 8.62. The first-order valence-electron chi connectivity index (χ1n) is 10.3. The molecule has 11 heteroatoms. The van der Waals surface area contributed by atoms with Gasteiger partial charge in [-0.25, -0.2) is 4.68 Å². The van der Waals surface area contributed by atoms with Crippen molar-refractivity contribution < 1.29 is 23.6 Å². The van der Waals surface area contributed by atoms with Gasteiger partial charge >= 0.3 is 0 Å². The van der Waals surface area contributed by atoms with E-state index in [1.165, 1.54) is 25.0 Å². The molecule has 2 amide bonds. The first-order valence-corrected chi connectivity index (χ1v) is 10.3. The minimum absolute atomic E-state index is 0.000640. The van der Waals surface area contributed by atoms with Gasteiger partial charge in [-0.1, -0.05) is 23.4 Å². The summed E-state index contributed by atoms with van der Waals surface area (Å²) in [6, 6.07) is 13.1. The summed E-state index contributed by atoms with van der Waals surface area (Å²) in [5.41, 5.74) is 4.75. The number of ether oxygens (including phenoxy) is 2. The van der Waals surface area contributed by atoms with Gasteiger partial charge < -0.3 is 14.0 Å². The Morgan fingerprint density at radius 3 is 2.44 bits per heavy atom. The van der Waals surface area contributed by atoms with Crippen molar-refractivity contribution in [1.29, 1.82) is 0 Å². The lowest BCUT2D eigenvalue weighted by Crippen LogP contribution is -2.43. The van der Waals surface area contributed by atoms with Crippen LogP contribution in [0.2, 0.25) is 0 Å². The van der Waals surface area contributed by atoms with Crippen LogP contribution < -0.4 is 25.9 Å². The van der Waals surface area contributed by atoms with E-state index in [1.807, 2.05) is 0 Å². The number of hydrogen-bond acceptors (Lipinski definition) is 8. The van der Waals surface area contributed by atoms with E-state index >= 15 is 0 Å². The molecule has 2 aromatic heterocycles. The molecule has 34 heavy (non-hydrogen) atoms. The van der Waals surface area contributed by atoms with Crippen molar-refractivity contribution in [2.24, 2.45) is 0 Å². The number of hydrazine groups is 1. The summed E-state index contributed by atoms with van der Waals surface area (Å²) in [6.07, 6.45) is 0. The number of aryl methyl sites for hydroxylation is 1. The van der Waals surface area contributed by atoms with Gasteiger partial charge in [-0.3, -0.25) is 25.2 Å². The maximum Gasteiger partial charge on any atom is 0.291 e. The van der Waals surface area contributed by atoms with Crippen molar-refractivity contribution in [2.45, 2.75) is 13.5 Å². The smallest absolute Gasteiger partial charge is 0.291 e. The first kappa shape index (κ1) is 22.5. The summed E-state index contributed by atoms with van der Waals surface area (Å²) in [7, 11) is 3.03. The van der Waals surface area contributed by atoms with Gasteiger partial charge in [0.1, 0.15) is 11.5 Å². The van der Waals surface area contributed by atoms with E-state index in [2.05, 4.69) is 21.1 Å². The molecule has 0 fully saturated rings. The van der Waals surface area contributed by atoms with Crippen molar-refractivity contribution in [2.75, 3.05) is 14.2 Å². The van der Waals surface area contributed by atoms with Crippen LogP contribution in [0.25, 0.3) is 22.1 Å². The Kier molecular flexibility index (Phi) is 6.26. The molecule has 0 spiro atoms. The predicted octanol–water partition coefficient (Wildman–Crippen LogP) is 2.16. The third-order valence-electron chi connectivity index (χ3n) is 5.09. The number of amides is 2. The molecule has 11 nitrogen and oxygen atoms in total. The molecule has 174 valence electrons. The van der Waals surface area contributed by atoms with Gasteiger partial charge in [0.2, 0.25) is 0 Å². The first-order chi connectivity index (χ1) is 16.5. The Hall–Kier alpha value is -4.67. The molecule has 4 rings (SSSR count). The standard InChI is InChI=1S/C23H21N5O6/c1-4-28-23(31)15-8-6-5-7-14(15)20(26-28)22(30)25-24-21(29)17-12-19(34-27-17)16-11-13(32-2)9-10-18(16)33-3/h5-12H,4H2,1-3H3,(H,24,29)(H,25,30). The highest BCUT2D eigenvalue weighted by Gasteiger charge is 2.20. The molecule has 0 bridgehead atoms. The summed E-state index contributed by atoms with van der Waals surface area (Å²) >= 11 is 0. The highest BCUT2D eigenvalue weighted by Crippen LogP contribution is 2.33. The number of carbonyl (C=O) groups is 2. The van der Waals surface area contributed by atoms with Crippen LogP contribution in [0.3, 0.4) is 0 Å². The Morgan fingerprint density at radius 1 is 1.00 bits per heavy atom. The molecule has 0 unspecified atom stereocenters. The molecule has 4 aromatic rings. The van der Waals surface area contributed by atoms with Crippen molar-refractivity contribution in [3.63, 3.8) is 0 Å². The third kappa shape index (κ3) is 4.18. The maximum absolute atomic E-state index is 12.8. The zero-order valence-electron chi connectivity index (χ0n) is 18.6. The van der Waals surface area contributed by atoms with Crippen molar-refractivity contribution in [3.05, 3.63) is 70.3 Å². The Morgan fingerprint density at radius 2 is 1.74 bits per heavy atom. The fourth-order valence-electron chi connectivity index (χ4n) is 3.37. The zero-order chi connectivity index (χ0) is 24.2. The number of methoxy groups -OCH3 is 2. The van der Waals surface area contributed by atoms with Crippen LogP contribution in [0.4, 0.5) is 0 Å². The average Bonchev–Trinajstić information content (AvgIpc) is 3.37. The number of aromatic nitrogens is 3. The molecular formula is C23H21N5O6. The topological polar surface area (TPSA) is 138 Å². The molecule has 2 N–H and O–H groups in total. The lowest BCUT2D eigenvalue weighted by Gasteiger charge is -2.10. The van der Waals surface area contributed by atoms with E-state index in [9.17, 15) is 14.4 Å². The minimum Gasteiger partial charge on any atom is -0.497 e. The molecule has 2 aromatic carbocycles. The van der Waals surface area contributed by atoms with E-state index in [1.54, 1.807) is 49.4 Å². The summed E-state index contributed by atoms with van der Waals surface area (Å²) in [5.74, 6) is -0.0574. The van der Waals surface area contributed by atoms with E-state index in [0.717, 1.165) is 0 Å². The number of hydrogen-bond donors (Lipinski definition) is 2. The molecule has 0 saturated carbocycles. The van der Waals surface area contributed by atoms with Crippen molar-refractivity contribution in [1.82, 2.24) is 25.8 Å². The second kappa shape index (κ2) is 9.45. The van der Waals surface area contributed by atoms with E-state index in [0.29, 0.717) is 27.8 Å². The zero-order valence-corrected chi connectivity index (χ0v) is 18.6. The molecule has 0 radical (unpaired) electrons. The van der Waals surface area contributed by atoms with Crippen LogP contribution in [0.15, 0.2) is 57.8 Å². The number of fused-ring (bicyclic) bond motifs is 1. The lowest BCUT2D eigenvalue weighted by atomic mass is 10.1. The van der Waals surface area contributed by atoms with Crippen molar-refractivity contribution in [3.8, 4) is 22.8 Å². The average molecular weight is 463 g/mol. The Labute approximate surface area is 193 Å². The van der Waals surface area contributed by atoms with Gasteiger partial charge in [0.25, 0.3) is 17.4 Å². The van der Waals surface area contributed by atoms with Crippen LogP contribution in [-0.2, 0) is 6.54 Å². The maximum atomic E-state index is 12.8. The number of benzene rings is 2. The second-order valence-corrected chi connectivity index (χ2v) is 7.07. The van der Waals surface area contributed by atoms with Gasteiger partial charge in [-0.05, 0) is 31.2 Å². The summed E-state index contributed by atoms with van der Waals surface area (Å²) < 4.78 is 17.0. The Balaban J connectivity index is 1.54. The van der Waals surface area contributed by atoms with Crippen LogP contribution in [0.1, 0.15) is 27.9 Å². The van der Waals surface area contributed by atoms with Crippen molar-refractivity contribution >= 4 is 22.6 Å². The summed E-state index contributed by atoms with van der Waals surface area (Å²) in [6.45, 7) is 2.03. The van der Waals surface area contributed by atoms with E-state index in [4.69, 9.17) is 14.0 Å². The van der Waals surface area contributed by atoms with Crippen LogP contribution in [0.5, 0.6) is 11.5 Å². The van der Waals surface area contributed by atoms with E-state index in [-0.39, 0.29) is 29.3 Å². The highest BCUT2D eigenvalue weighted by atomic mass is 16.5.